The van der Waals surface area contributed by atoms with E-state index in [1.807, 2.05) is 13.8 Å². The number of aromatic nitrogens is 2. The van der Waals surface area contributed by atoms with E-state index < -0.39 is 0 Å². The third-order valence-corrected chi connectivity index (χ3v) is 3.19. The molecular formula is C14H15ClFN3. The SMILES string of the molecule is CCc1nc(Cl)c(C)c(Nc2cc(C)ccc2F)n1. The molecule has 1 heterocycles. The molecule has 2 rings (SSSR count). The van der Waals surface area contributed by atoms with Crippen LogP contribution in [0.15, 0.2) is 18.2 Å². The minimum absolute atomic E-state index is 0.321. The van der Waals surface area contributed by atoms with Crippen LogP contribution < -0.4 is 5.32 Å². The third-order valence-electron chi connectivity index (χ3n) is 2.82. The molecule has 0 spiro atoms. The Balaban J connectivity index is 2.42. The van der Waals surface area contributed by atoms with E-state index in [1.54, 1.807) is 19.1 Å². The molecule has 19 heavy (non-hydrogen) atoms. The first kappa shape index (κ1) is 13.7. The smallest absolute Gasteiger partial charge is 0.146 e. The lowest BCUT2D eigenvalue weighted by Gasteiger charge is -2.12. The summed E-state index contributed by atoms with van der Waals surface area (Å²) in [4.78, 5) is 8.50. The fraction of sp³-hybridized carbons (Fsp3) is 0.286. The summed E-state index contributed by atoms with van der Waals surface area (Å²) in [5.41, 5.74) is 2.07. The normalized spacial score (nSPS) is 10.6. The van der Waals surface area contributed by atoms with Crippen molar-refractivity contribution in [3.63, 3.8) is 0 Å². The van der Waals surface area contributed by atoms with E-state index in [0.29, 0.717) is 34.5 Å². The highest BCUT2D eigenvalue weighted by Crippen LogP contribution is 2.25. The van der Waals surface area contributed by atoms with Crippen molar-refractivity contribution in [1.82, 2.24) is 9.97 Å². The van der Waals surface area contributed by atoms with Crippen molar-refractivity contribution in [2.45, 2.75) is 27.2 Å². The molecule has 0 unspecified atom stereocenters. The number of rotatable bonds is 3. The lowest BCUT2D eigenvalue weighted by molar-refractivity contribution is 0.631. The van der Waals surface area contributed by atoms with Gasteiger partial charge in [-0.3, -0.25) is 0 Å². The maximum atomic E-state index is 13.7. The quantitative estimate of drug-likeness (QED) is 0.856. The van der Waals surface area contributed by atoms with Crippen molar-refractivity contribution in [3.05, 3.63) is 46.1 Å². The summed E-state index contributed by atoms with van der Waals surface area (Å²) in [7, 11) is 0. The van der Waals surface area contributed by atoms with Gasteiger partial charge >= 0.3 is 0 Å². The molecule has 100 valence electrons. The molecule has 0 atom stereocenters. The second-order valence-corrected chi connectivity index (χ2v) is 4.72. The molecule has 0 aliphatic carbocycles. The monoisotopic (exact) mass is 279 g/mol. The van der Waals surface area contributed by atoms with Gasteiger partial charge in [0.2, 0.25) is 0 Å². The summed E-state index contributed by atoms with van der Waals surface area (Å²) < 4.78 is 13.7. The van der Waals surface area contributed by atoms with Crippen molar-refractivity contribution in [2.24, 2.45) is 0 Å². The van der Waals surface area contributed by atoms with Gasteiger partial charge in [0.1, 0.15) is 22.6 Å². The summed E-state index contributed by atoms with van der Waals surface area (Å²) in [6.45, 7) is 5.65. The lowest BCUT2D eigenvalue weighted by Crippen LogP contribution is -2.04. The standard InChI is InChI=1S/C14H15ClFN3/c1-4-12-18-13(15)9(3)14(19-12)17-11-7-8(2)5-6-10(11)16/h5-7H,4H2,1-3H3,(H,17,18,19). The molecule has 0 saturated heterocycles. The Bertz CT molecular complexity index is 614. The largest absolute Gasteiger partial charge is 0.337 e. The molecule has 3 nitrogen and oxygen atoms in total. The van der Waals surface area contributed by atoms with E-state index >= 15 is 0 Å². The second-order valence-electron chi connectivity index (χ2n) is 4.37. The van der Waals surface area contributed by atoms with Crippen LogP contribution in [0.2, 0.25) is 5.15 Å². The van der Waals surface area contributed by atoms with Crippen molar-refractivity contribution < 1.29 is 4.39 Å². The Morgan fingerprint density at radius 3 is 2.68 bits per heavy atom. The van der Waals surface area contributed by atoms with Crippen molar-refractivity contribution >= 4 is 23.1 Å². The summed E-state index contributed by atoms with van der Waals surface area (Å²) >= 11 is 6.05. The average Bonchev–Trinajstić information content (AvgIpc) is 2.38. The highest BCUT2D eigenvalue weighted by atomic mass is 35.5. The van der Waals surface area contributed by atoms with Gasteiger partial charge in [0.25, 0.3) is 0 Å². The topological polar surface area (TPSA) is 37.8 Å². The molecule has 5 heteroatoms. The predicted octanol–water partition coefficient (Wildman–Crippen LogP) is 4.19. The number of aryl methyl sites for hydroxylation is 2. The van der Waals surface area contributed by atoms with Gasteiger partial charge in [0.05, 0.1) is 5.69 Å². The lowest BCUT2D eigenvalue weighted by atomic mass is 10.2. The summed E-state index contributed by atoms with van der Waals surface area (Å²) in [5.74, 6) is 0.852. The van der Waals surface area contributed by atoms with Crippen LogP contribution in [0, 0.1) is 19.7 Å². The molecule has 1 aromatic heterocycles. The zero-order valence-electron chi connectivity index (χ0n) is 11.1. The molecule has 0 aliphatic heterocycles. The molecule has 0 aliphatic rings. The predicted molar refractivity (Wildman–Crippen MR) is 75.6 cm³/mol. The van der Waals surface area contributed by atoms with Gasteiger partial charge in [0, 0.05) is 12.0 Å². The van der Waals surface area contributed by atoms with E-state index in [-0.39, 0.29) is 5.82 Å². The number of benzene rings is 1. The van der Waals surface area contributed by atoms with E-state index in [4.69, 9.17) is 11.6 Å². The van der Waals surface area contributed by atoms with Crippen molar-refractivity contribution in [2.75, 3.05) is 5.32 Å². The minimum Gasteiger partial charge on any atom is -0.337 e. The third kappa shape index (κ3) is 3.01. The zero-order valence-corrected chi connectivity index (χ0v) is 11.8. The van der Waals surface area contributed by atoms with Crippen LogP contribution in [0.1, 0.15) is 23.9 Å². The van der Waals surface area contributed by atoms with E-state index in [1.165, 1.54) is 6.07 Å². The van der Waals surface area contributed by atoms with Crippen LogP contribution in [-0.2, 0) is 6.42 Å². The van der Waals surface area contributed by atoms with Gasteiger partial charge in [0.15, 0.2) is 0 Å². The molecule has 1 N–H and O–H groups in total. The van der Waals surface area contributed by atoms with Crippen LogP contribution in [0.25, 0.3) is 0 Å². The van der Waals surface area contributed by atoms with Gasteiger partial charge in [-0.1, -0.05) is 24.6 Å². The first-order chi connectivity index (χ1) is 9.01. The Morgan fingerprint density at radius 1 is 1.26 bits per heavy atom. The fourth-order valence-electron chi connectivity index (χ4n) is 1.68. The maximum absolute atomic E-state index is 13.7. The molecule has 2 aromatic rings. The number of hydrogen-bond acceptors (Lipinski definition) is 3. The average molecular weight is 280 g/mol. The van der Waals surface area contributed by atoms with Gasteiger partial charge in [-0.15, -0.1) is 0 Å². The van der Waals surface area contributed by atoms with Crippen LogP contribution >= 0.6 is 11.6 Å². The minimum atomic E-state index is -0.321. The Morgan fingerprint density at radius 2 is 2.00 bits per heavy atom. The molecule has 0 fully saturated rings. The van der Waals surface area contributed by atoms with Gasteiger partial charge in [-0.2, -0.15) is 0 Å². The fourth-order valence-corrected chi connectivity index (χ4v) is 1.86. The molecule has 1 aromatic carbocycles. The highest BCUT2D eigenvalue weighted by molar-refractivity contribution is 6.30. The Labute approximate surface area is 116 Å². The highest BCUT2D eigenvalue weighted by Gasteiger charge is 2.11. The number of nitrogens with one attached hydrogen (secondary N) is 1. The molecule has 0 bridgehead atoms. The summed E-state index contributed by atoms with van der Waals surface area (Å²) in [6.07, 6.45) is 0.672. The number of halogens is 2. The summed E-state index contributed by atoms with van der Waals surface area (Å²) in [5, 5.41) is 3.38. The van der Waals surface area contributed by atoms with E-state index in [0.717, 1.165) is 5.56 Å². The van der Waals surface area contributed by atoms with Crippen LogP contribution in [0.4, 0.5) is 15.9 Å². The number of hydrogen-bond donors (Lipinski definition) is 1. The number of anilines is 2. The molecule has 0 saturated carbocycles. The van der Waals surface area contributed by atoms with E-state index in [9.17, 15) is 4.39 Å². The molecule has 0 radical (unpaired) electrons. The van der Waals surface area contributed by atoms with E-state index in [2.05, 4.69) is 15.3 Å². The Kier molecular flexibility index (Phi) is 4.00. The first-order valence-electron chi connectivity index (χ1n) is 6.07. The van der Waals surface area contributed by atoms with Crippen molar-refractivity contribution in [1.29, 1.82) is 0 Å². The van der Waals surface area contributed by atoms with Crippen LogP contribution in [0.5, 0.6) is 0 Å². The zero-order chi connectivity index (χ0) is 14.0. The van der Waals surface area contributed by atoms with Gasteiger partial charge in [-0.05, 0) is 31.5 Å². The first-order valence-corrected chi connectivity index (χ1v) is 6.45. The Hall–Kier alpha value is -1.68. The van der Waals surface area contributed by atoms with Gasteiger partial charge < -0.3 is 5.32 Å². The van der Waals surface area contributed by atoms with Crippen molar-refractivity contribution in [3.8, 4) is 0 Å². The van der Waals surface area contributed by atoms with Gasteiger partial charge in [-0.25, -0.2) is 14.4 Å². The molecule has 0 amide bonds. The maximum Gasteiger partial charge on any atom is 0.146 e. The second kappa shape index (κ2) is 5.53. The molecular weight excluding hydrogens is 265 g/mol. The van der Waals surface area contributed by atoms with Crippen LogP contribution in [0.3, 0.4) is 0 Å². The summed E-state index contributed by atoms with van der Waals surface area (Å²) in [6, 6.07) is 4.88. The van der Waals surface area contributed by atoms with Crippen LogP contribution in [-0.4, -0.2) is 9.97 Å². The number of nitrogens with zero attached hydrogens (tertiary/aromatic N) is 2.